The van der Waals surface area contributed by atoms with Gasteiger partial charge in [-0.05, 0) is 0 Å². The first-order valence-electron chi connectivity index (χ1n) is 2.52. The van der Waals surface area contributed by atoms with E-state index in [9.17, 15) is 0 Å². The third kappa shape index (κ3) is 1.40. The van der Waals surface area contributed by atoms with Gasteiger partial charge in [-0.15, -0.1) is 0 Å². The Morgan fingerprint density at radius 3 is 2.89 bits per heavy atom. The minimum absolute atomic E-state index is 0.572. The summed E-state index contributed by atoms with van der Waals surface area (Å²) < 4.78 is 0.720. The second-order valence-electron chi connectivity index (χ2n) is 1.77. The Labute approximate surface area is 60.7 Å². The first-order valence-corrected chi connectivity index (χ1v) is 3.37. The van der Waals surface area contributed by atoms with Crippen molar-refractivity contribution in [3.63, 3.8) is 0 Å². The molecule has 0 radical (unpaired) electrons. The van der Waals surface area contributed by atoms with Crippen molar-refractivity contribution in [2.24, 2.45) is 0 Å². The zero-order valence-electron chi connectivity index (χ0n) is 5.01. The molecule has 0 saturated heterocycles. The van der Waals surface area contributed by atoms with Crippen molar-refractivity contribution in [3.8, 4) is 0 Å². The van der Waals surface area contributed by atoms with Crippen LogP contribution < -0.4 is 5.73 Å². The zero-order chi connectivity index (χ0) is 6.85. The van der Waals surface area contributed by atoms with E-state index in [2.05, 4.69) is 25.5 Å². The number of aryl methyl sites for hydroxylation is 1. The predicted octanol–water partition coefficient (Wildman–Crippen LogP) is 0.000810. The average molecular weight is 188 g/mol. The molecule has 0 aliphatic rings. The van der Waals surface area contributed by atoms with Gasteiger partial charge in [-0.3, -0.25) is 0 Å². The fourth-order valence-electron chi connectivity index (χ4n) is 0.474. The van der Waals surface area contributed by atoms with E-state index in [0.717, 1.165) is 9.89 Å². The van der Waals surface area contributed by atoms with Crippen molar-refractivity contribution >= 4 is 21.4 Å². The number of nitrogens with zero attached hydrogens (tertiary/aromatic N) is 1. The van der Waals surface area contributed by atoms with Gasteiger partial charge in [0.1, 0.15) is 0 Å². The molecule has 0 saturated carbocycles. The molecule has 3 nitrogen and oxygen atoms in total. The van der Waals surface area contributed by atoms with Crippen molar-refractivity contribution in [3.05, 3.63) is 16.1 Å². The molecule has 0 aliphatic carbocycles. The second-order valence-corrected chi connectivity index (χ2v) is 2.59. The number of aromatic nitrogens is 2. The SMILES string of the molecule is Cc1c[nH]c(=[Se])nc1N. The summed E-state index contributed by atoms with van der Waals surface area (Å²) in [6, 6.07) is 0. The van der Waals surface area contributed by atoms with Gasteiger partial charge in [-0.1, -0.05) is 0 Å². The van der Waals surface area contributed by atoms with Gasteiger partial charge in [0.15, 0.2) is 0 Å². The average Bonchev–Trinajstić information content (AvgIpc) is 1.80. The summed E-state index contributed by atoms with van der Waals surface area (Å²) in [5.41, 5.74) is 6.44. The van der Waals surface area contributed by atoms with Gasteiger partial charge in [0.25, 0.3) is 0 Å². The van der Waals surface area contributed by atoms with Crippen LogP contribution in [0.3, 0.4) is 0 Å². The van der Waals surface area contributed by atoms with Gasteiger partial charge in [0.2, 0.25) is 0 Å². The maximum absolute atomic E-state index is 5.47. The number of nitrogens with two attached hydrogens (primary N) is 1. The third-order valence-electron chi connectivity index (χ3n) is 1.04. The molecular weight excluding hydrogens is 181 g/mol. The number of H-pyrrole nitrogens is 1. The van der Waals surface area contributed by atoms with Crippen LogP contribution >= 0.6 is 0 Å². The van der Waals surface area contributed by atoms with Crippen LogP contribution in [0, 0.1) is 11.2 Å². The zero-order valence-corrected chi connectivity index (χ0v) is 6.72. The Morgan fingerprint density at radius 2 is 2.44 bits per heavy atom. The molecule has 0 aromatic carbocycles. The summed E-state index contributed by atoms with van der Waals surface area (Å²) in [6.07, 6.45) is 1.81. The Balaban J connectivity index is 3.34. The first-order chi connectivity index (χ1) is 4.20. The first kappa shape index (κ1) is 6.52. The second kappa shape index (κ2) is 2.33. The fourth-order valence-corrected chi connectivity index (χ4v) is 0.804. The molecule has 9 heavy (non-hydrogen) atoms. The van der Waals surface area contributed by atoms with Crippen molar-refractivity contribution in [2.45, 2.75) is 6.92 Å². The maximum atomic E-state index is 5.47. The Hall–Kier alpha value is -0.601. The van der Waals surface area contributed by atoms with E-state index in [1.54, 1.807) is 0 Å². The normalized spacial score (nSPS) is 9.44. The summed E-state index contributed by atoms with van der Waals surface area (Å²) in [7, 11) is 0. The van der Waals surface area contributed by atoms with E-state index in [-0.39, 0.29) is 0 Å². The van der Waals surface area contributed by atoms with Crippen LogP contribution in [-0.2, 0) is 0 Å². The number of rotatable bonds is 0. The fraction of sp³-hybridized carbons (Fsp3) is 0.200. The molecule has 1 aromatic heterocycles. The summed E-state index contributed by atoms with van der Waals surface area (Å²) in [6.45, 7) is 1.90. The summed E-state index contributed by atoms with van der Waals surface area (Å²) in [5, 5.41) is 0. The number of anilines is 1. The predicted molar refractivity (Wildman–Crippen MR) is 36.7 cm³/mol. The molecule has 0 amide bonds. The molecule has 1 aromatic rings. The van der Waals surface area contributed by atoms with Gasteiger partial charge in [-0.25, -0.2) is 0 Å². The summed E-state index contributed by atoms with van der Waals surface area (Å²) >= 11 is 2.72. The van der Waals surface area contributed by atoms with Crippen LogP contribution in [0.2, 0.25) is 0 Å². The Bertz CT molecular complexity index is 265. The number of nitrogens with one attached hydrogen (secondary N) is 1. The minimum atomic E-state index is 0.572. The van der Waals surface area contributed by atoms with E-state index in [0.29, 0.717) is 5.82 Å². The van der Waals surface area contributed by atoms with Crippen LogP contribution in [0.25, 0.3) is 0 Å². The standard InChI is InChI=1S/C5H7N3Se/c1-3-2-7-5(9)8-4(3)6/h2H,1H3,(H3,6,7,8,9). The molecule has 0 spiro atoms. The number of hydrogen-bond donors (Lipinski definition) is 2. The Kier molecular flexibility index (Phi) is 1.69. The molecule has 4 heteroatoms. The van der Waals surface area contributed by atoms with E-state index in [4.69, 9.17) is 5.73 Å². The van der Waals surface area contributed by atoms with E-state index in [1.165, 1.54) is 0 Å². The van der Waals surface area contributed by atoms with E-state index < -0.39 is 0 Å². The van der Waals surface area contributed by atoms with E-state index >= 15 is 0 Å². The molecule has 0 unspecified atom stereocenters. The van der Waals surface area contributed by atoms with Crippen LogP contribution in [0.5, 0.6) is 0 Å². The number of aromatic amines is 1. The third-order valence-corrected chi connectivity index (χ3v) is 1.48. The van der Waals surface area contributed by atoms with Gasteiger partial charge in [0.05, 0.1) is 0 Å². The van der Waals surface area contributed by atoms with Crippen LogP contribution in [0.4, 0.5) is 5.82 Å². The molecule has 1 rings (SSSR count). The van der Waals surface area contributed by atoms with Gasteiger partial charge in [0, 0.05) is 0 Å². The number of nitrogen functional groups attached to an aromatic ring is 1. The monoisotopic (exact) mass is 189 g/mol. The molecule has 1 heterocycles. The molecule has 0 aliphatic heterocycles. The quantitative estimate of drug-likeness (QED) is 0.563. The van der Waals surface area contributed by atoms with Crippen molar-refractivity contribution in [2.75, 3.05) is 5.73 Å². The van der Waals surface area contributed by atoms with Crippen molar-refractivity contribution < 1.29 is 0 Å². The molecule has 0 bridgehead atoms. The topological polar surface area (TPSA) is 54.7 Å². The van der Waals surface area contributed by atoms with Gasteiger partial charge < -0.3 is 0 Å². The summed E-state index contributed by atoms with van der Waals surface area (Å²) in [5.74, 6) is 0.572. The molecular formula is C5H7N3Se. The Morgan fingerprint density at radius 1 is 1.78 bits per heavy atom. The van der Waals surface area contributed by atoms with Gasteiger partial charge >= 0.3 is 60.1 Å². The number of hydrogen-bond acceptors (Lipinski definition) is 2. The van der Waals surface area contributed by atoms with Crippen LogP contribution in [0.15, 0.2) is 6.20 Å². The molecule has 48 valence electrons. The molecule has 0 atom stereocenters. The summed E-state index contributed by atoms with van der Waals surface area (Å²) in [4.78, 5) is 6.83. The van der Waals surface area contributed by atoms with Crippen LogP contribution in [0.1, 0.15) is 5.56 Å². The molecule has 3 N–H and O–H groups in total. The van der Waals surface area contributed by atoms with Crippen LogP contribution in [-0.4, -0.2) is 25.5 Å². The van der Waals surface area contributed by atoms with Crippen molar-refractivity contribution in [1.82, 2.24) is 9.97 Å². The molecule has 0 fully saturated rings. The van der Waals surface area contributed by atoms with Crippen molar-refractivity contribution in [1.29, 1.82) is 0 Å². The van der Waals surface area contributed by atoms with E-state index in [1.807, 2.05) is 13.1 Å². The van der Waals surface area contributed by atoms with Gasteiger partial charge in [-0.2, -0.15) is 0 Å².